The van der Waals surface area contributed by atoms with Crippen molar-refractivity contribution in [1.29, 1.82) is 0 Å². The van der Waals surface area contributed by atoms with Crippen molar-refractivity contribution in [1.82, 2.24) is 10.1 Å². The second-order valence-electron chi connectivity index (χ2n) is 5.23. The van der Waals surface area contributed by atoms with Crippen LogP contribution < -0.4 is 0 Å². The number of halogens is 2. The van der Waals surface area contributed by atoms with Crippen molar-refractivity contribution in [2.45, 2.75) is 38.0 Å². The standard InChI is InChI=1S/C15H14F2N2O2/c16-10-6-5-9(12(17)8-10)7-14-18-15(21-19-14)11-3-1-2-4-13(11)20/h5-6,8,11H,1-4,7H2. The van der Waals surface area contributed by atoms with Crippen LogP contribution in [0.4, 0.5) is 8.78 Å². The van der Waals surface area contributed by atoms with E-state index in [1.54, 1.807) is 0 Å². The lowest BCUT2D eigenvalue weighted by Gasteiger charge is -2.16. The minimum absolute atomic E-state index is 0.108. The van der Waals surface area contributed by atoms with Crippen molar-refractivity contribution in [2.24, 2.45) is 0 Å². The van der Waals surface area contributed by atoms with Crippen LogP contribution in [0.25, 0.3) is 0 Å². The Morgan fingerprint density at radius 1 is 1.29 bits per heavy atom. The quantitative estimate of drug-likeness (QED) is 0.872. The molecule has 0 radical (unpaired) electrons. The fourth-order valence-electron chi connectivity index (χ4n) is 2.56. The van der Waals surface area contributed by atoms with Gasteiger partial charge in [0.15, 0.2) is 5.82 Å². The number of rotatable bonds is 3. The van der Waals surface area contributed by atoms with Crippen molar-refractivity contribution in [2.75, 3.05) is 0 Å². The Balaban J connectivity index is 1.77. The molecule has 1 aliphatic carbocycles. The van der Waals surface area contributed by atoms with Crippen molar-refractivity contribution in [3.05, 3.63) is 47.1 Å². The Kier molecular flexibility index (Phi) is 3.77. The largest absolute Gasteiger partial charge is 0.339 e. The number of nitrogens with zero attached hydrogens (tertiary/aromatic N) is 2. The van der Waals surface area contributed by atoms with Gasteiger partial charge in [-0.05, 0) is 24.5 Å². The highest BCUT2D eigenvalue weighted by Gasteiger charge is 2.28. The van der Waals surface area contributed by atoms with Crippen LogP contribution >= 0.6 is 0 Å². The lowest BCUT2D eigenvalue weighted by molar-refractivity contribution is -0.122. The molecule has 1 saturated carbocycles. The van der Waals surface area contributed by atoms with E-state index in [1.807, 2.05) is 0 Å². The van der Waals surface area contributed by atoms with Crippen LogP contribution in [0.3, 0.4) is 0 Å². The van der Waals surface area contributed by atoms with E-state index in [0.29, 0.717) is 30.1 Å². The molecule has 0 aliphatic heterocycles. The van der Waals surface area contributed by atoms with Gasteiger partial charge in [-0.1, -0.05) is 17.6 Å². The summed E-state index contributed by atoms with van der Waals surface area (Å²) in [6.07, 6.45) is 3.22. The minimum atomic E-state index is -0.643. The lowest BCUT2D eigenvalue weighted by atomic mass is 9.88. The molecule has 4 nitrogen and oxygen atoms in total. The molecule has 1 aromatic carbocycles. The predicted molar refractivity (Wildman–Crippen MR) is 69.7 cm³/mol. The molecule has 1 aromatic heterocycles. The van der Waals surface area contributed by atoms with Gasteiger partial charge in [0, 0.05) is 18.9 Å². The molecule has 3 rings (SSSR count). The van der Waals surface area contributed by atoms with Crippen LogP contribution in [0.15, 0.2) is 22.7 Å². The molecule has 1 heterocycles. The normalized spacial score (nSPS) is 19.0. The average Bonchev–Trinajstić information content (AvgIpc) is 2.91. The lowest BCUT2D eigenvalue weighted by Crippen LogP contribution is -2.17. The summed E-state index contributed by atoms with van der Waals surface area (Å²) in [5, 5.41) is 3.79. The number of ketones is 1. The van der Waals surface area contributed by atoms with E-state index in [1.165, 1.54) is 12.1 Å². The molecule has 110 valence electrons. The fourth-order valence-corrected chi connectivity index (χ4v) is 2.56. The highest BCUT2D eigenvalue weighted by molar-refractivity contribution is 5.85. The van der Waals surface area contributed by atoms with Gasteiger partial charge in [0.05, 0.1) is 5.92 Å². The second-order valence-corrected chi connectivity index (χ2v) is 5.23. The van der Waals surface area contributed by atoms with E-state index < -0.39 is 11.6 Å². The molecular formula is C15H14F2N2O2. The molecule has 0 bridgehead atoms. The number of benzene rings is 1. The summed E-state index contributed by atoms with van der Waals surface area (Å²) in [6.45, 7) is 0. The maximum absolute atomic E-state index is 13.6. The van der Waals surface area contributed by atoms with Crippen LogP contribution in [0, 0.1) is 11.6 Å². The molecule has 2 aromatic rings. The molecule has 1 fully saturated rings. The van der Waals surface area contributed by atoms with Gasteiger partial charge in [-0.25, -0.2) is 8.78 Å². The first-order valence-electron chi connectivity index (χ1n) is 6.92. The smallest absolute Gasteiger partial charge is 0.237 e. The van der Waals surface area contributed by atoms with Crippen molar-refractivity contribution in [3.8, 4) is 0 Å². The molecule has 1 atom stereocenters. The Morgan fingerprint density at radius 3 is 2.90 bits per heavy atom. The van der Waals surface area contributed by atoms with Gasteiger partial charge in [0.2, 0.25) is 5.89 Å². The molecule has 0 amide bonds. The average molecular weight is 292 g/mol. The third kappa shape index (κ3) is 2.99. The zero-order chi connectivity index (χ0) is 14.8. The number of hydrogen-bond acceptors (Lipinski definition) is 4. The molecule has 6 heteroatoms. The van der Waals surface area contributed by atoms with E-state index in [-0.39, 0.29) is 18.1 Å². The fraction of sp³-hybridized carbons (Fsp3) is 0.400. The predicted octanol–water partition coefficient (Wildman–Crippen LogP) is 3.17. The van der Waals surface area contributed by atoms with E-state index in [0.717, 1.165) is 18.9 Å². The number of carbonyl (C=O) groups is 1. The third-order valence-corrected chi connectivity index (χ3v) is 3.70. The molecule has 0 spiro atoms. The van der Waals surface area contributed by atoms with Crippen LogP contribution in [0.2, 0.25) is 0 Å². The van der Waals surface area contributed by atoms with Crippen LogP contribution in [-0.2, 0) is 11.2 Å². The summed E-state index contributed by atoms with van der Waals surface area (Å²) < 4.78 is 31.6. The summed E-state index contributed by atoms with van der Waals surface area (Å²) in [4.78, 5) is 16.0. The van der Waals surface area contributed by atoms with Gasteiger partial charge >= 0.3 is 0 Å². The molecule has 21 heavy (non-hydrogen) atoms. The van der Waals surface area contributed by atoms with Gasteiger partial charge in [-0.3, -0.25) is 4.79 Å². The van der Waals surface area contributed by atoms with E-state index in [9.17, 15) is 13.6 Å². The Morgan fingerprint density at radius 2 is 2.14 bits per heavy atom. The molecular weight excluding hydrogens is 278 g/mol. The monoisotopic (exact) mass is 292 g/mol. The van der Waals surface area contributed by atoms with Crippen molar-refractivity contribution >= 4 is 5.78 Å². The molecule has 0 saturated heterocycles. The van der Waals surface area contributed by atoms with E-state index in [4.69, 9.17) is 4.52 Å². The maximum atomic E-state index is 13.6. The minimum Gasteiger partial charge on any atom is -0.339 e. The van der Waals surface area contributed by atoms with Gasteiger partial charge in [-0.15, -0.1) is 0 Å². The Labute approximate surface area is 120 Å². The number of hydrogen-bond donors (Lipinski definition) is 0. The first kappa shape index (κ1) is 13.9. The highest BCUT2D eigenvalue weighted by atomic mass is 19.1. The van der Waals surface area contributed by atoms with Gasteiger partial charge in [0.25, 0.3) is 0 Å². The zero-order valence-corrected chi connectivity index (χ0v) is 11.3. The molecule has 0 N–H and O–H groups in total. The van der Waals surface area contributed by atoms with E-state index in [2.05, 4.69) is 10.1 Å². The van der Waals surface area contributed by atoms with Gasteiger partial charge in [-0.2, -0.15) is 4.98 Å². The summed E-state index contributed by atoms with van der Waals surface area (Å²) in [7, 11) is 0. The van der Waals surface area contributed by atoms with Crippen molar-refractivity contribution in [3.63, 3.8) is 0 Å². The molecule has 1 aliphatic rings. The highest BCUT2D eigenvalue weighted by Crippen LogP contribution is 2.29. The number of Topliss-reactive ketones (excluding diaryl/α,β-unsaturated/α-hetero) is 1. The van der Waals surface area contributed by atoms with Crippen molar-refractivity contribution < 1.29 is 18.1 Å². The van der Waals surface area contributed by atoms with Crippen LogP contribution in [-0.4, -0.2) is 15.9 Å². The third-order valence-electron chi connectivity index (χ3n) is 3.70. The Bertz CT molecular complexity index is 669. The van der Waals surface area contributed by atoms with Crippen LogP contribution in [0.5, 0.6) is 0 Å². The number of carbonyl (C=O) groups excluding carboxylic acids is 1. The summed E-state index contributed by atoms with van der Waals surface area (Å²) >= 11 is 0. The zero-order valence-electron chi connectivity index (χ0n) is 11.3. The molecule has 1 unspecified atom stereocenters. The summed E-state index contributed by atoms with van der Waals surface area (Å²) in [5.41, 5.74) is 0.290. The summed E-state index contributed by atoms with van der Waals surface area (Å²) in [6, 6.07) is 3.36. The first-order chi connectivity index (χ1) is 10.1. The topological polar surface area (TPSA) is 56.0 Å². The van der Waals surface area contributed by atoms with Gasteiger partial charge < -0.3 is 4.52 Å². The SMILES string of the molecule is O=C1CCCCC1c1nc(Cc2ccc(F)cc2F)no1. The maximum Gasteiger partial charge on any atom is 0.237 e. The number of aromatic nitrogens is 2. The second kappa shape index (κ2) is 5.71. The van der Waals surface area contributed by atoms with Crippen LogP contribution in [0.1, 0.15) is 48.9 Å². The summed E-state index contributed by atoms with van der Waals surface area (Å²) in [5.74, 6) is -0.887. The van der Waals surface area contributed by atoms with Gasteiger partial charge in [0.1, 0.15) is 17.4 Å². The first-order valence-corrected chi connectivity index (χ1v) is 6.92. The Hall–Kier alpha value is -2.11. The van der Waals surface area contributed by atoms with E-state index >= 15 is 0 Å².